The predicted molar refractivity (Wildman–Crippen MR) is 68.4 cm³/mol. The molecular formula is C12H12FN3S. The van der Waals surface area contributed by atoms with Crippen LogP contribution in [0.25, 0.3) is 0 Å². The quantitative estimate of drug-likeness (QED) is 0.846. The average molecular weight is 249 g/mol. The first kappa shape index (κ1) is 11.7. The van der Waals surface area contributed by atoms with Crippen molar-refractivity contribution in [3.63, 3.8) is 0 Å². The first-order valence-electron chi connectivity index (χ1n) is 5.14. The van der Waals surface area contributed by atoms with Crippen LogP contribution < -0.4 is 5.73 Å². The minimum Gasteiger partial charge on any atom is -0.387 e. The summed E-state index contributed by atoms with van der Waals surface area (Å²) < 4.78 is 14.8. The molecule has 0 saturated carbocycles. The van der Waals surface area contributed by atoms with Crippen molar-refractivity contribution in [2.75, 3.05) is 0 Å². The van der Waals surface area contributed by atoms with E-state index in [0.29, 0.717) is 12.4 Å². The van der Waals surface area contributed by atoms with Gasteiger partial charge in [0.2, 0.25) is 0 Å². The molecule has 0 aliphatic carbocycles. The fourth-order valence-corrected chi connectivity index (χ4v) is 1.85. The lowest BCUT2D eigenvalue weighted by atomic mass is 10.1. The Hall–Kier alpha value is -1.75. The van der Waals surface area contributed by atoms with Crippen LogP contribution in [0.5, 0.6) is 0 Å². The van der Waals surface area contributed by atoms with Gasteiger partial charge in [0.25, 0.3) is 0 Å². The van der Waals surface area contributed by atoms with Gasteiger partial charge >= 0.3 is 0 Å². The van der Waals surface area contributed by atoms with Gasteiger partial charge in [-0.2, -0.15) is 0 Å². The van der Waals surface area contributed by atoms with Crippen molar-refractivity contribution < 1.29 is 4.39 Å². The largest absolute Gasteiger partial charge is 0.387 e. The molecule has 0 bridgehead atoms. The molecule has 0 unspecified atom stereocenters. The summed E-state index contributed by atoms with van der Waals surface area (Å²) in [7, 11) is 0. The van der Waals surface area contributed by atoms with Crippen LogP contribution in [-0.2, 0) is 6.54 Å². The van der Waals surface area contributed by atoms with Crippen molar-refractivity contribution in [3.05, 3.63) is 53.4 Å². The summed E-state index contributed by atoms with van der Waals surface area (Å²) in [6.07, 6.45) is 3.45. The van der Waals surface area contributed by atoms with Gasteiger partial charge in [-0.3, -0.25) is 0 Å². The molecule has 1 heterocycles. The summed E-state index contributed by atoms with van der Waals surface area (Å²) in [5, 5.41) is 0. The van der Waals surface area contributed by atoms with Crippen LogP contribution in [0, 0.1) is 12.7 Å². The number of aryl methyl sites for hydroxylation is 1. The van der Waals surface area contributed by atoms with Gasteiger partial charge in [-0.15, -0.1) is 0 Å². The second-order valence-electron chi connectivity index (χ2n) is 3.81. The Labute approximate surface area is 104 Å². The Morgan fingerprint density at radius 2 is 2.29 bits per heavy atom. The summed E-state index contributed by atoms with van der Waals surface area (Å²) in [4.78, 5) is 4.34. The number of thiocarbonyl (C=S) groups is 1. The molecule has 0 radical (unpaired) electrons. The molecule has 0 atom stereocenters. The highest BCUT2D eigenvalue weighted by atomic mass is 32.1. The number of nitrogens with two attached hydrogens (primary N) is 1. The molecule has 1 aromatic heterocycles. The third-order valence-electron chi connectivity index (χ3n) is 2.58. The maximum atomic E-state index is 13.0. The number of imidazole rings is 1. The van der Waals surface area contributed by atoms with Crippen LogP contribution in [0.1, 0.15) is 17.0 Å². The molecule has 0 aliphatic heterocycles. The molecule has 2 rings (SSSR count). The third kappa shape index (κ3) is 2.50. The molecule has 0 spiro atoms. The van der Waals surface area contributed by atoms with Crippen molar-refractivity contribution in [1.82, 2.24) is 9.55 Å². The molecule has 1 aromatic carbocycles. The van der Waals surface area contributed by atoms with Crippen LogP contribution in [0.3, 0.4) is 0 Å². The van der Waals surface area contributed by atoms with E-state index in [9.17, 15) is 4.39 Å². The number of nitrogens with zero attached hydrogens (tertiary/aromatic N) is 2. The summed E-state index contributed by atoms with van der Waals surface area (Å²) in [6.45, 7) is 2.45. The molecule has 3 nitrogen and oxygen atoms in total. The minimum absolute atomic E-state index is 0.230. The smallest absolute Gasteiger partial charge is 0.167 e. The van der Waals surface area contributed by atoms with Gasteiger partial charge < -0.3 is 10.3 Å². The van der Waals surface area contributed by atoms with Crippen molar-refractivity contribution >= 4 is 17.2 Å². The zero-order chi connectivity index (χ0) is 12.4. The number of rotatable bonds is 3. The Kier molecular flexibility index (Phi) is 3.19. The second kappa shape index (κ2) is 4.63. The fraction of sp³-hybridized carbons (Fsp3) is 0.167. The van der Waals surface area contributed by atoms with Crippen LogP contribution in [-0.4, -0.2) is 14.5 Å². The Bertz CT molecular complexity index is 563. The van der Waals surface area contributed by atoms with Crippen LogP contribution in [0.2, 0.25) is 0 Å². The summed E-state index contributed by atoms with van der Waals surface area (Å²) in [5.41, 5.74) is 7.47. The zero-order valence-corrected chi connectivity index (χ0v) is 10.2. The topological polar surface area (TPSA) is 43.8 Å². The highest BCUT2D eigenvalue weighted by Crippen LogP contribution is 2.12. The number of benzene rings is 1. The maximum absolute atomic E-state index is 13.0. The third-order valence-corrected chi connectivity index (χ3v) is 2.76. The number of hydrogen-bond donors (Lipinski definition) is 1. The molecule has 0 amide bonds. The lowest BCUT2D eigenvalue weighted by molar-refractivity contribution is 0.624. The first-order chi connectivity index (χ1) is 8.08. The van der Waals surface area contributed by atoms with Crippen LogP contribution in [0.4, 0.5) is 4.39 Å². The fourth-order valence-electron chi connectivity index (χ4n) is 1.68. The Balaban J connectivity index is 2.31. The summed E-state index contributed by atoms with van der Waals surface area (Å²) in [6, 6.07) is 4.71. The van der Waals surface area contributed by atoms with E-state index in [0.717, 1.165) is 11.1 Å². The summed E-state index contributed by atoms with van der Waals surface area (Å²) in [5.74, 6) is 0.343. The molecule has 88 valence electrons. The van der Waals surface area contributed by atoms with Gasteiger partial charge in [0.15, 0.2) is 5.82 Å². The first-order valence-corrected chi connectivity index (χ1v) is 5.54. The Morgan fingerprint density at radius 1 is 1.53 bits per heavy atom. The van der Waals surface area contributed by atoms with E-state index >= 15 is 0 Å². The van der Waals surface area contributed by atoms with E-state index in [1.54, 1.807) is 18.5 Å². The van der Waals surface area contributed by atoms with Crippen molar-refractivity contribution in [2.45, 2.75) is 13.5 Å². The second-order valence-corrected chi connectivity index (χ2v) is 4.25. The number of hydrogen-bond acceptors (Lipinski definition) is 2. The molecule has 2 N–H and O–H groups in total. The van der Waals surface area contributed by atoms with Gasteiger partial charge in [-0.25, -0.2) is 9.37 Å². The zero-order valence-electron chi connectivity index (χ0n) is 9.35. The maximum Gasteiger partial charge on any atom is 0.167 e. The van der Waals surface area contributed by atoms with Crippen molar-refractivity contribution in [1.29, 1.82) is 0 Å². The van der Waals surface area contributed by atoms with Gasteiger partial charge in [-0.05, 0) is 30.2 Å². The van der Waals surface area contributed by atoms with Crippen molar-refractivity contribution in [3.8, 4) is 0 Å². The van der Waals surface area contributed by atoms with Crippen LogP contribution >= 0.6 is 12.2 Å². The molecule has 0 saturated heterocycles. The highest BCUT2D eigenvalue weighted by Gasteiger charge is 2.07. The van der Waals surface area contributed by atoms with Gasteiger partial charge in [0.1, 0.15) is 10.8 Å². The lowest BCUT2D eigenvalue weighted by Crippen LogP contribution is -2.17. The Morgan fingerprint density at radius 3 is 2.94 bits per heavy atom. The van der Waals surface area contributed by atoms with Gasteiger partial charge in [0.05, 0.1) is 0 Å². The van der Waals surface area contributed by atoms with E-state index in [2.05, 4.69) is 4.98 Å². The number of halogens is 1. The summed E-state index contributed by atoms with van der Waals surface area (Å²) >= 11 is 4.91. The van der Waals surface area contributed by atoms with Gasteiger partial charge in [0, 0.05) is 18.9 Å². The molecule has 2 aromatic rings. The molecular weight excluding hydrogens is 237 g/mol. The van der Waals surface area contributed by atoms with E-state index in [1.165, 1.54) is 12.1 Å². The van der Waals surface area contributed by atoms with E-state index in [-0.39, 0.29) is 10.8 Å². The normalized spacial score (nSPS) is 10.5. The van der Waals surface area contributed by atoms with E-state index < -0.39 is 0 Å². The molecule has 17 heavy (non-hydrogen) atoms. The molecule has 5 heteroatoms. The highest BCUT2D eigenvalue weighted by molar-refractivity contribution is 7.80. The van der Waals surface area contributed by atoms with Gasteiger partial charge in [-0.1, -0.05) is 18.3 Å². The average Bonchev–Trinajstić information content (AvgIpc) is 2.70. The monoisotopic (exact) mass is 249 g/mol. The number of aromatic nitrogens is 2. The molecule has 0 fully saturated rings. The van der Waals surface area contributed by atoms with E-state index in [4.69, 9.17) is 18.0 Å². The van der Waals surface area contributed by atoms with Crippen LogP contribution in [0.15, 0.2) is 30.6 Å². The predicted octanol–water partition coefficient (Wildman–Crippen LogP) is 2.01. The molecule has 0 aliphatic rings. The van der Waals surface area contributed by atoms with Crippen molar-refractivity contribution in [2.24, 2.45) is 5.73 Å². The SMILES string of the molecule is Cc1cc(F)ccc1Cn1ccnc1C(N)=S. The standard InChI is InChI=1S/C12H12FN3S/c1-8-6-10(13)3-2-9(8)7-16-5-4-15-12(16)11(14)17/h2-6H,7H2,1H3,(H2,14,17). The lowest BCUT2D eigenvalue weighted by Gasteiger charge is -2.09. The minimum atomic E-state index is -0.230. The van der Waals surface area contributed by atoms with E-state index in [1.807, 2.05) is 11.5 Å².